The molecule has 0 aromatic heterocycles. The van der Waals surface area contributed by atoms with Crippen LogP contribution < -0.4 is 0 Å². The van der Waals surface area contributed by atoms with E-state index in [4.69, 9.17) is 9.47 Å². The first-order chi connectivity index (χ1) is 11.7. The molecule has 0 fully saturated rings. The minimum absolute atomic E-state index is 0.424. The van der Waals surface area contributed by atoms with E-state index in [0.717, 1.165) is 22.3 Å². The second-order valence-electron chi connectivity index (χ2n) is 5.38. The van der Waals surface area contributed by atoms with E-state index in [-0.39, 0.29) is 0 Å². The van der Waals surface area contributed by atoms with Gasteiger partial charge in [0, 0.05) is 18.8 Å². The molecule has 0 radical (unpaired) electrons. The number of allylic oxidation sites excluding steroid dienone is 1. The summed E-state index contributed by atoms with van der Waals surface area (Å²) in [6.07, 6.45) is 0. The van der Waals surface area contributed by atoms with Gasteiger partial charge in [-0.05, 0) is 37.5 Å². The Morgan fingerprint density at radius 1 is 0.875 bits per heavy atom. The maximum absolute atomic E-state index is 12.3. The summed E-state index contributed by atoms with van der Waals surface area (Å²) in [6, 6.07) is 20.0. The fraction of sp³-hybridized carbons (Fsp3) is 0.300. The highest BCUT2D eigenvalue weighted by molar-refractivity contribution is 6.29. The molecule has 0 atom stereocenters. The highest BCUT2D eigenvalue weighted by Gasteiger charge is 2.39. The third-order valence-corrected chi connectivity index (χ3v) is 4.80. The Bertz CT molecular complexity index is 675. The number of benzene rings is 2. The van der Waals surface area contributed by atoms with Crippen molar-refractivity contribution < 1.29 is 13.9 Å². The lowest BCUT2D eigenvalue weighted by molar-refractivity contribution is -0.136. The van der Waals surface area contributed by atoms with Crippen molar-refractivity contribution in [1.82, 2.24) is 0 Å². The van der Waals surface area contributed by atoms with Gasteiger partial charge in [-0.2, -0.15) is 0 Å². The van der Waals surface area contributed by atoms with Gasteiger partial charge in [-0.15, -0.1) is 0 Å². The number of ether oxygens (including phenoxy) is 2. The SMILES string of the molecule is CCOC(OCC)([SiH]=O)C(=C(C)c1ccccc1)c1ccccc1. The highest BCUT2D eigenvalue weighted by Crippen LogP contribution is 2.36. The molecular formula is C20H24O3Si. The molecule has 0 aliphatic rings. The molecule has 3 nitrogen and oxygen atoms in total. The van der Waals surface area contributed by atoms with E-state index in [1.807, 2.05) is 81.4 Å². The van der Waals surface area contributed by atoms with Crippen LogP contribution in [-0.2, 0) is 13.9 Å². The Balaban J connectivity index is 2.73. The van der Waals surface area contributed by atoms with Gasteiger partial charge in [0.15, 0.2) is 0 Å². The van der Waals surface area contributed by atoms with Crippen LogP contribution in [0.4, 0.5) is 0 Å². The summed E-state index contributed by atoms with van der Waals surface area (Å²) in [4.78, 5) is 0. The van der Waals surface area contributed by atoms with Crippen LogP contribution in [0.5, 0.6) is 0 Å². The molecule has 2 aromatic carbocycles. The molecule has 2 rings (SSSR count). The second kappa shape index (κ2) is 8.83. The van der Waals surface area contributed by atoms with Crippen molar-refractivity contribution in [1.29, 1.82) is 0 Å². The third kappa shape index (κ3) is 3.95. The van der Waals surface area contributed by atoms with E-state index in [9.17, 15) is 4.46 Å². The summed E-state index contributed by atoms with van der Waals surface area (Å²) in [5.74, 6) is 0. The highest BCUT2D eigenvalue weighted by atomic mass is 28.2. The van der Waals surface area contributed by atoms with Crippen LogP contribution in [0, 0.1) is 0 Å². The molecule has 0 bridgehead atoms. The minimum Gasteiger partial charge on any atom is -0.386 e. The fourth-order valence-electron chi connectivity index (χ4n) is 2.86. The maximum atomic E-state index is 12.3. The van der Waals surface area contributed by atoms with Crippen molar-refractivity contribution >= 4 is 20.6 Å². The Morgan fingerprint density at radius 3 is 1.75 bits per heavy atom. The lowest BCUT2D eigenvalue weighted by Gasteiger charge is -2.32. The van der Waals surface area contributed by atoms with Crippen molar-refractivity contribution in [2.75, 3.05) is 13.2 Å². The number of hydrogen-bond acceptors (Lipinski definition) is 3. The lowest BCUT2D eigenvalue weighted by atomic mass is 9.95. The minimum atomic E-state index is -1.33. The Kier molecular flexibility index (Phi) is 6.79. The number of rotatable bonds is 8. The topological polar surface area (TPSA) is 35.5 Å². The molecular weight excluding hydrogens is 316 g/mol. The van der Waals surface area contributed by atoms with Gasteiger partial charge in [0.1, 0.15) is 0 Å². The molecule has 0 heterocycles. The predicted octanol–water partition coefficient (Wildman–Crippen LogP) is 4.13. The zero-order chi connectivity index (χ0) is 17.4. The van der Waals surface area contributed by atoms with Gasteiger partial charge in [0.25, 0.3) is 0 Å². The largest absolute Gasteiger partial charge is 0.386 e. The van der Waals surface area contributed by atoms with E-state index in [2.05, 4.69) is 0 Å². The van der Waals surface area contributed by atoms with Crippen molar-refractivity contribution in [3.63, 3.8) is 0 Å². The first-order valence-corrected chi connectivity index (χ1v) is 9.29. The van der Waals surface area contributed by atoms with Crippen LogP contribution in [0.15, 0.2) is 60.7 Å². The molecule has 24 heavy (non-hydrogen) atoms. The zero-order valence-corrected chi connectivity index (χ0v) is 15.6. The molecule has 0 aliphatic carbocycles. The zero-order valence-electron chi connectivity index (χ0n) is 14.5. The molecule has 126 valence electrons. The monoisotopic (exact) mass is 340 g/mol. The average Bonchev–Trinajstić information content (AvgIpc) is 2.63. The summed E-state index contributed by atoms with van der Waals surface area (Å²) in [6.45, 7) is 6.66. The Labute approximate surface area is 146 Å². The first-order valence-electron chi connectivity index (χ1n) is 8.25. The molecule has 0 unspecified atom stereocenters. The average molecular weight is 340 g/mol. The van der Waals surface area contributed by atoms with Gasteiger partial charge < -0.3 is 13.9 Å². The van der Waals surface area contributed by atoms with Crippen molar-refractivity contribution in [3.8, 4) is 0 Å². The van der Waals surface area contributed by atoms with Gasteiger partial charge >= 0.3 is 9.41 Å². The Hall–Kier alpha value is -1.88. The van der Waals surface area contributed by atoms with E-state index < -0.39 is 14.8 Å². The first kappa shape index (κ1) is 18.5. The maximum Gasteiger partial charge on any atom is 0.333 e. The van der Waals surface area contributed by atoms with Gasteiger partial charge in [0.05, 0.1) is 0 Å². The standard InChI is InChI=1S/C20H24O3Si/c1-4-22-20(24-21,23-5-2)19(18-14-10-7-11-15-18)16(3)17-12-8-6-9-13-17/h6-15,24H,4-5H2,1-3H3. The van der Waals surface area contributed by atoms with Gasteiger partial charge in [-0.3, -0.25) is 0 Å². The molecule has 0 N–H and O–H groups in total. The van der Waals surface area contributed by atoms with E-state index in [1.54, 1.807) is 0 Å². The van der Waals surface area contributed by atoms with Crippen LogP contribution >= 0.6 is 0 Å². The normalized spacial score (nSPS) is 12.6. The van der Waals surface area contributed by atoms with Crippen LogP contribution in [0.2, 0.25) is 0 Å². The summed E-state index contributed by atoms with van der Waals surface area (Å²) in [7, 11) is -1.33. The molecule has 2 aromatic rings. The van der Waals surface area contributed by atoms with Gasteiger partial charge in [-0.25, -0.2) is 0 Å². The lowest BCUT2D eigenvalue weighted by Crippen LogP contribution is -2.41. The predicted molar refractivity (Wildman–Crippen MR) is 99.2 cm³/mol. The van der Waals surface area contributed by atoms with Crippen molar-refractivity contribution in [2.24, 2.45) is 0 Å². The molecule has 0 saturated carbocycles. The quantitative estimate of drug-likeness (QED) is 0.412. The molecule has 0 spiro atoms. The fourth-order valence-corrected chi connectivity index (χ4v) is 3.83. The molecule has 4 heteroatoms. The summed E-state index contributed by atoms with van der Waals surface area (Å²) < 4.78 is 24.1. The van der Waals surface area contributed by atoms with Gasteiger partial charge in [0.2, 0.25) is 5.41 Å². The summed E-state index contributed by atoms with van der Waals surface area (Å²) in [5.41, 5.74) is 2.66. The third-order valence-electron chi connectivity index (χ3n) is 3.87. The van der Waals surface area contributed by atoms with Crippen LogP contribution in [0.1, 0.15) is 31.9 Å². The van der Waals surface area contributed by atoms with Crippen molar-refractivity contribution in [3.05, 3.63) is 71.8 Å². The molecule has 0 amide bonds. The van der Waals surface area contributed by atoms with E-state index in [0.29, 0.717) is 13.2 Å². The van der Waals surface area contributed by atoms with Gasteiger partial charge in [-0.1, -0.05) is 60.7 Å². The second-order valence-corrected chi connectivity index (χ2v) is 6.38. The number of hydrogen-bond donors (Lipinski definition) is 0. The van der Waals surface area contributed by atoms with E-state index >= 15 is 0 Å². The smallest absolute Gasteiger partial charge is 0.333 e. The Morgan fingerprint density at radius 2 is 1.33 bits per heavy atom. The van der Waals surface area contributed by atoms with Crippen molar-refractivity contribution in [2.45, 2.75) is 26.2 Å². The molecule has 0 saturated heterocycles. The molecule has 0 aliphatic heterocycles. The summed E-state index contributed by atoms with van der Waals surface area (Å²) in [5, 5.41) is 0. The van der Waals surface area contributed by atoms with Crippen LogP contribution in [0.3, 0.4) is 0 Å². The van der Waals surface area contributed by atoms with Crippen LogP contribution in [0.25, 0.3) is 11.1 Å². The van der Waals surface area contributed by atoms with Crippen LogP contribution in [-0.4, -0.2) is 28.0 Å². The van der Waals surface area contributed by atoms with E-state index in [1.165, 1.54) is 0 Å². The summed E-state index contributed by atoms with van der Waals surface area (Å²) >= 11 is 0.